The van der Waals surface area contributed by atoms with Crippen molar-refractivity contribution in [3.8, 4) is 5.75 Å². The fraction of sp³-hybridized carbons (Fsp3) is 0.417. The van der Waals surface area contributed by atoms with Crippen molar-refractivity contribution in [2.24, 2.45) is 0 Å². The van der Waals surface area contributed by atoms with Crippen LogP contribution in [0, 0.1) is 0 Å². The Hall–Kier alpha value is -2.24. The molecule has 7 heteroatoms. The average molecular weight is 465 g/mol. The summed E-state index contributed by atoms with van der Waals surface area (Å²) in [6.45, 7) is 9.62. The molecule has 0 spiro atoms. The molecule has 1 N–H and O–H groups in total. The Morgan fingerprint density at radius 3 is 2.29 bits per heavy atom. The third kappa shape index (κ3) is 7.15. The lowest BCUT2D eigenvalue weighted by Gasteiger charge is -2.29. The highest BCUT2D eigenvalue weighted by Gasteiger charge is 2.27. The topological polar surface area (TPSA) is 58.6 Å². The van der Waals surface area contributed by atoms with E-state index in [4.69, 9.17) is 27.9 Å². The summed E-state index contributed by atoms with van der Waals surface area (Å²) in [6, 6.07) is 12.1. The van der Waals surface area contributed by atoms with E-state index in [1.807, 2.05) is 38.1 Å². The molecule has 0 saturated carbocycles. The first-order valence-electron chi connectivity index (χ1n) is 10.4. The first kappa shape index (κ1) is 25.0. The van der Waals surface area contributed by atoms with E-state index in [0.29, 0.717) is 15.8 Å². The zero-order valence-electron chi connectivity index (χ0n) is 18.6. The first-order chi connectivity index (χ1) is 14.6. The predicted molar refractivity (Wildman–Crippen MR) is 126 cm³/mol. The van der Waals surface area contributed by atoms with E-state index in [1.54, 1.807) is 25.1 Å². The number of nitrogens with one attached hydrogen (secondary N) is 1. The third-order valence-corrected chi connectivity index (χ3v) is 5.57. The van der Waals surface area contributed by atoms with Crippen LogP contribution in [0.2, 0.25) is 10.0 Å². The smallest absolute Gasteiger partial charge is 0.261 e. The Labute approximate surface area is 194 Å². The van der Waals surface area contributed by atoms with Gasteiger partial charge in [0.1, 0.15) is 11.8 Å². The average Bonchev–Trinajstić information content (AvgIpc) is 2.71. The van der Waals surface area contributed by atoms with E-state index in [-0.39, 0.29) is 36.9 Å². The van der Waals surface area contributed by atoms with E-state index >= 15 is 0 Å². The van der Waals surface area contributed by atoms with Crippen molar-refractivity contribution in [2.75, 3.05) is 6.61 Å². The number of amides is 2. The highest BCUT2D eigenvalue weighted by molar-refractivity contribution is 6.42. The molecule has 1 unspecified atom stereocenters. The highest BCUT2D eigenvalue weighted by atomic mass is 35.5. The molecule has 2 aromatic rings. The molecule has 0 aliphatic heterocycles. The lowest BCUT2D eigenvalue weighted by Crippen LogP contribution is -2.50. The molecular formula is C24H30Cl2N2O3. The van der Waals surface area contributed by atoms with Crippen LogP contribution < -0.4 is 10.1 Å². The molecule has 0 aromatic heterocycles. The van der Waals surface area contributed by atoms with Gasteiger partial charge in [-0.1, -0.05) is 61.3 Å². The maximum Gasteiger partial charge on any atom is 0.261 e. The van der Waals surface area contributed by atoms with E-state index in [9.17, 15) is 9.59 Å². The molecule has 0 heterocycles. The second-order valence-electron chi connectivity index (χ2n) is 8.09. The summed E-state index contributed by atoms with van der Waals surface area (Å²) in [5.74, 6) is 0.399. The normalized spacial score (nSPS) is 12.0. The van der Waals surface area contributed by atoms with Crippen molar-refractivity contribution in [1.82, 2.24) is 10.2 Å². The minimum atomic E-state index is -0.687. The molecule has 1 atom stereocenters. The van der Waals surface area contributed by atoms with Crippen LogP contribution in [0.25, 0.3) is 0 Å². The molecule has 0 saturated heterocycles. The number of nitrogens with zero attached hydrogens (tertiary/aromatic N) is 1. The van der Waals surface area contributed by atoms with Crippen molar-refractivity contribution in [2.45, 2.75) is 59.2 Å². The van der Waals surface area contributed by atoms with Gasteiger partial charge in [-0.15, -0.1) is 0 Å². The number of benzene rings is 2. The Bertz CT molecular complexity index is 915. The fourth-order valence-corrected chi connectivity index (χ4v) is 3.45. The molecule has 5 nitrogen and oxygen atoms in total. The summed E-state index contributed by atoms with van der Waals surface area (Å²) < 4.78 is 5.86. The molecular weight excluding hydrogens is 435 g/mol. The SMILES string of the molecule is CC(C)NC(=O)C(C)N(Cc1ccc(Cl)c(Cl)c1)C(=O)COc1ccccc1C(C)C. The summed E-state index contributed by atoms with van der Waals surface area (Å²) in [7, 11) is 0. The van der Waals surface area contributed by atoms with Crippen LogP contribution in [0.1, 0.15) is 51.7 Å². The van der Waals surface area contributed by atoms with Crippen LogP contribution >= 0.6 is 23.2 Å². The van der Waals surface area contributed by atoms with Gasteiger partial charge in [0.25, 0.3) is 5.91 Å². The van der Waals surface area contributed by atoms with E-state index in [0.717, 1.165) is 11.1 Å². The minimum absolute atomic E-state index is 0.0361. The summed E-state index contributed by atoms with van der Waals surface area (Å²) >= 11 is 12.1. The van der Waals surface area contributed by atoms with Crippen molar-refractivity contribution < 1.29 is 14.3 Å². The number of hydrogen-bond donors (Lipinski definition) is 1. The molecule has 0 aliphatic carbocycles. The number of ether oxygens (including phenoxy) is 1. The standard InChI is InChI=1S/C24H30Cl2N2O3/c1-15(2)19-8-6-7-9-22(19)31-14-23(29)28(17(5)24(30)27-16(3)4)13-18-10-11-20(25)21(26)12-18/h6-12,15-17H,13-14H2,1-5H3,(H,27,30). The van der Waals surface area contributed by atoms with Crippen LogP contribution in [0.3, 0.4) is 0 Å². The molecule has 0 aliphatic rings. The molecule has 2 rings (SSSR count). The summed E-state index contributed by atoms with van der Waals surface area (Å²) in [5.41, 5.74) is 1.80. The van der Waals surface area contributed by atoms with Gasteiger partial charge in [-0.2, -0.15) is 0 Å². The molecule has 2 aromatic carbocycles. The van der Waals surface area contributed by atoms with Crippen LogP contribution in [0.15, 0.2) is 42.5 Å². The predicted octanol–water partition coefficient (Wildman–Crippen LogP) is 5.44. The number of rotatable bonds is 9. The Morgan fingerprint density at radius 1 is 1.00 bits per heavy atom. The van der Waals surface area contributed by atoms with Gasteiger partial charge in [-0.25, -0.2) is 0 Å². The van der Waals surface area contributed by atoms with Crippen molar-refractivity contribution in [3.63, 3.8) is 0 Å². The van der Waals surface area contributed by atoms with E-state index < -0.39 is 6.04 Å². The number of halogens is 2. The number of carbonyl (C=O) groups is 2. The zero-order chi connectivity index (χ0) is 23.1. The van der Waals surface area contributed by atoms with Crippen LogP contribution in [0.4, 0.5) is 0 Å². The largest absolute Gasteiger partial charge is 0.483 e. The van der Waals surface area contributed by atoms with E-state index in [2.05, 4.69) is 19.2 Å². The third-order valence-electron chi connectivity index (χ3n) is 4.83. The lowest BCUT2D eigenvalue weighted by molar-refractivity contribution is -0.142. The monoisotopic (exact) mass is 464 g/mol. The first-order valence-corrected chi connectivity index (χ1v) is 11.1. The number of para-hydroxylation sites is 1. The second-order valence-corrected chi connectivity index (χ2v) is 8.90. The highest BCUT2D eigenvalue weighted by Crippen LogP contribution is 2.26. The van der Waals surface area contributed by atoms with Crippen molar-refractivity contribution in [3.05, 3.63) is 63.6 Å². The maximum absolute atomic E-state index is 13.1. The fourth-order valence-electron chi connectivity index (χ4n) is 3.13. The number of hydrogen-bond acceptors (Lipinski definition) is 3. The molecule has 0 bridgehead atoms. The molecule has 2 amide bonds. The van der Waals surface area contributed by atoms with Crippen molar-refractivity contribution in [1.29, 1.82) is 0 Å². The zero-order valence-corrected chi connectivity index (χ0v) is 20.1. The van der Waals surface area contributed by atoms with Gasteiger partial charge in [-0.3, -0.25) is 9.59 Å². The van der Waals surface area contributed by atoms with E-state index in [1.165, 1.54) is 4.90 Å². The molecule has 0 fully saturated rings. The molecule has 31 heavy (non-hydrogen) atoms. The summed E-state index contributed by atoms with van der Waals surface area (Å²) in [5, 5.41) is 3.69. The van der Waals surface area contributed by atoms with Gasteiger partial charge >= 0.3 is 0 Å². The van der Waals surface area contributed by atoms with Gasteiger partial charge < -0.3 is 15.0 Å². The molecule has 168 valence electrons. The number of carbonyl (C=O) groups excluding carboxylic acids is 2. The van der Waals surface area contributed by atoms with Crippen LogP contribution in [-0.4, -0.2) is 35.4 Å². The van der Waals surface area contributed by atoms with Gasteiger partial charge in [0.2, 0.25) is 5.91 Å². The van der Waals surface area contributed by atoms with Crippen LogP contribution in [-0.2, 0) is 16.1 Å². The Balaban J connectivity index is 2.23. The molecule has 0 radical (unpaired) electrons. The maximum atomic E-state index is 13.1. The van der Waals surface area contributed by atoms with Crippen molar-refractivity contribution >= 4 is 35.0 Å². The minimum Gasteiger partial charge on any atom is -0.483 e. The summed E-state index contributed by atoms with van der Waals surface area (Å²) in [6.07, 6.45) is 0. The van der Waals surface area contributed by atoms with Crippen LogP contribution in [0.5, 0.6) is 5.75 Å². The quantitative estimate of drug-likeness (QED) is 0.537. The second kappa shape index (κ2) is 11.4. The van der Waals surface area contributed by atoms with Gasteiger partial charge in [0.05, 0.1) is 10.0 Å². The Morgan fingerprint density at radius 2 is 1.68 bits per heavy atom. The lowest BCUT2D eigenvalue weighted by atomic mass is 10.0. The van der Waals surface area contributed by atoms with Gasteiger partial charge in [-0.05, 0) is 56.0 Å². The Kier molecular flexibility index (Phi) is 9.20. The van der Waals surface area contributed by atoms with Gasteiger partial charge in [0, 0.05) is 12.6 Å². The van der Waals surface area contributed by atoms with Gasteiger partial charge in [0.15, 0.2) is 6.61 Å². The summed E-state index contributed by atoms with van der Waals surface area (Å²) in [4.78, 5) is 27.3.